The Morgan fingerprint density at radius 1 is 1.23 bits per heavy atom. The number of rotatable bonds is 6. The van der Waals surface area contributed by atoms with E-state index in [1.54, 1.807) is 6.07 Å². The smallest absolute Gasteiger partial charge is 0.310 e. The van der Waals surface area contributed by atoms with E-state index in [1.807, 2.05) is 6.07 Å². The number of nitriles is 1. The number of methoxy groups -OCH3 is 2. The standard InChI is InChI=1S/C17H22N2O6S/c1-12(11-18)25-17(20)13-6-8-19(9-7-13)26(21,22)14-4-5-15(23-2)16(10-14)24-3/h4-5,10,12-13H,6-9H2,1-3H3/t12-/m1/s1. The molecule has 1 atom stereocenters. The van der Waals surface area contributed by atoms with Gasteiger partial charge in [0.1, 0.15) is 6.07 Å². The van der Waals surface area contributed by atoms with Crippen molar-refractivity contribution in [1.29, 1.82) is 5.26 Å². The molecule has 9 heteroatoms. The van der Waals surface area contributed by atoms with Crippen LogP contribution in [0.2, 0.25) is 0 Å². The first-order valence-corrected chi connectivity index (χ1v) is 9.59. The molecular weight excluding hydrogens is 360 g/mol. The van der Waals surface area contributed by atoms with E-state index in [4.69, 9.17) is 19.5 Å². The van der Waals surface area contributed by atoms with Crippen molar-refractivity contribution in [1.82, 2.24) is 4.31 Å². The molecule has 8 nitrogen and oxygen atoms in total. The second kappa shape index (κ2) is 8.38. The number of nitrogens with zero attached hydrogens (tertiary/aromatic N) is 2. The summed E-state index contributed by atoms with van der Waals surface area (Å²) >= 11 is 0. The van der Waals surface area contributed by atoms with Crippen LogP contribution < -0.4 is 9.47 Å². The van der Waals surface area contributed by atoms with Crippen molar-refractivity contribution in [2.24, 2.45) is 5.92 Å². The van der Waals surface area contributed by atoms with Gasteiger partial charge in [-0.05, 0) is 31.9 Å². The maximum atomic E-state index is 12.8. The molecule has 0 bridgehead atoms. The number of hydrogen-bond acceptors (Lipinski definition) is 7. The summed E-state index contributed by atoms with van der Waals surface area (Å²) in [7, 11) is -0.790. The normalized spacial score (nSPS) is 17.2. The van der Waals surface area contributed by atoms with Crippen molar-refractivity contribution in [2.75, 3.05) is 27.3 Å². The monoisotopic (exact) mass is 382 g/mol. The Morgan fingerprint density at radius 3 is 2.38 bits per heavy atom. The van der Waals surface area contributed by atoms with Crippen molar-refractivity contribution in [3.05, 3.63) is 18.2 Å². The van der Waals surface area contributed by atoms with Crippen LogP contribution in [0.15, 0.2) is 23.1 Å². The molecule has 1 saturated heterocycles. The first kappa shape index (κ1) is 20.0. The van der Waals surface area contributed by atoms with Gasteiger partial charge < -0.3 is 14.2 Å². The Balaban J connectivity index is 2.08. The molecule has 1 fully saturated rings. The zero-order valence-electron chi connectivity index (χ0n) is 15.0. The summed E-state index contributed by atoms with van der Waals surface area (Å²) < 4.78 is 42.3. The minimum atomic E-state index is -3.70. The zero-order valence-corrected chi connectivity index (χ0v) is 15.8. The van der Waals surface area contributed by atoms with Crippen molar-refractivity contribution < 1.29 is 27.4 Å². The maximum Gasteiger partial charge on any atom is 0.310 e. The highest BCUT2D eigenvalue weighted by atomic mass is 32.2. The third-order valence-electron chi connectivity index (χ3n) is 4.25. The van der Waals surface area contributed by atoms with Crippen LogP contribution in [0.25, 0.3) is 0 Å². The van der Waals surface area contributed by atoms with Gasteiger partial charge >= 0.3 is 5.97 Å². The van der Waals surface area contributed by atoms with Gasteiger partial charge in [0.05, 0.1) is 25.0 Å². The summed E-state index contributed by atoms with van der Waals surface area (Å²) in [5, 5.41) is 8.70. The Hall–Kier alpha value is -2.31. The van der Waals surface area contributed by atoms with Gasteiger partial charge in [-0.15, -0.1) is 0 Å². The predicted octanol–water partition coefficient (Wildman–Crippen LogP) is 1.56. The van der Waals surface area contributed by atoms with Crippen molar-refractivity contribution >= 4 is 16.0 Å². The molecule has 0 aromatic heterocycles. The van der Waals surface area contributed by atoms with Gasteiger partial charge in [-0.3, -0.25) is 4.79 Å². The van der Waals surface area contributed by atoms with Gasteiger partial charge in [0.15, 0.2) is 17.6 Å². The third-order valence-corrected chi connectivity index (χ3v) is 6.15. The van der Waals surface area contributed by atoms with Crippen LogP contribution in [-0.4, -0.2) is 52.1 Å². The number of ether oxygens (including phenoxy) is 3. The van der Waals surface area contributed by atoms with Gasteiger partial charge in [-0.1, -0.05) is 0 Å². The summed E-state index contributed by atoms with van der Waals surface area (Å²) in [6.07, 6.45) is -0.108. The van der Waals surface area contributed by atoms with E-state index in [0.29, 0.717) is 24.3 Å². The van der Waals surface area contributed by atoms with E-state index < -0.39 is 28.0 Å². The summed E-state index contributed by atoms with van der Waals surface area (Å²) in [4.78, 5) is 12.1. The molecule has 2 rings (SSSR count). The van der Waals surface area contributed by atoms with Crippen molar-refractivity contribution in [3.63, 3.8) is 0 Å². The number of sulfonamides is 1. The molecule has 0 amide bonds. The number of carbonyl (C=O) groups excluding carboxylic acids is 1. The number of esters is 1. The van der Waals surface area contributed by atoms with E-state index in [2.05, 4.69) is 0 Å². The molecule has 1 aromatic rings. The second-order valence-electron chi connectivity index (χ2n) is 5.90. The summed E-state index contributed by atoms with van der Waals surface area (Å²) in [6, 6.07) is 6.26. The van der Waals surface area contributed by atoms with Crippen LogP contribution >= 0.6 is 0 Å². The van der Waals surface area contributed by atoms with Crippen LogP contribution in [0.5, 0.6) is 11.5 Å². The molecule has 1 aliphatic heterocycles. The van der Waals surface area contributed by atoms with E-state index in [-0.39, 0.29) is 18.0 Å². The first-order chi connectivity index (χ1) is 12.3. The molecule has 0 N–H and O–H groups in total. The molecule has 0 aliphatic carbocycles. The summed E-state index contributed by atoms with van der Waals surface area (Å²) in [5.41, 5.74) is 0. The van der Waals surface area contributed by atoms with Crippen LogP contribution in [0, 0.1) is 17.2 Å². The van der Waals surface area contributed by atoms with Gasteiger partial charge in [-0.25, -0.2) is 8.42 Å². The molecule has 0 spiro atoms. The fourth-order valence-electron chi connectivity index (χ4n) is 2.75. The summed E-state index contributed by atoms with van der Waals surface area (Å²) in [6.45, 7) is 1.91. The molecule has 1 aromatic carbocycles. The van der Waals surface area contributed by atoms with Crippen molar-refractivity contribution in [3.8, 4) is 17.6 Å². The average Bonchev–Trinajstić information content (AvgIpc) is 2.67. The van der Waals surface area contributed by atoms with Crippen LogP contribution in [0.3, 0.4) is 0 Å². The fourth-order valence-corrected chi connectivity index (χ4v) is 4.24. The molecule has 0 saturated carbocycles. The lowest BCUT2D eigenvalue weighted by molar-refractivity contribution is -0.152. The zero-order chi connectivity index (χ0) is 19.3. The van der Waals surface area contributed by atoms with Gasteiger partial charge in [0.25, 0.3) is 0 Å². The molecule has 0 radical (unpaired) electrons. The highest BCUT2D eigenvalue weighted by Gasteiger charge is 2.33. The van der Waals surface area contributed by atoms with Crippen molar-refractivity contribution in [2.45, 2.75) is 30.8 Å². The molecular formula is C17H22N2O6S. The van der Waals surface area contributed by atoms with Crippen LogP contribution in [0.1, 0.15) is 19.8 Å². The number of carbonyl (C=O) groups is 1. The predicted molar refractivity (Wildman–Crippen MR) is 92.2 cm³/mol. The summed E-state index contributed by atoms with van der Waals surface area (Å²) in [5.74, 6) is -0.0816. The molecule has 0 unspecified atom stereocenters. The number of hydrogen-bond donors (Lipinski definition) is 0. The Morgan fingerprint density at radius 2 is 1.85 bits per heavy atom. The Bertz CT molecular complexity index is 794. The Kier molecular flexibility index (Phi) is 6.45. The topological polar surface area (TPSA) is 106 Å². The molecule has 1 aliphatic rings. The number of piperidine rings is 1. The first-order valence-electron chi connectivity index (χ1n) is 8.15. The van der Waals surface area contributed by atoms with Gasteiger partial charge in [-0.2, -0.15) is 9.57 Å². The highest BCUT2D eigenvalue weighted by Crippen LogP contribution is 2.32. The van der Waals surface area contributed by atoms with E-state index in [1.165, 1.54) is 37.6 Å². The lowest BCUT2D eigenvalue weighted by Crippen LogP contribution is -2.41. The van der Waals surface area contributed by atoms with E-state index >= 15 is 0 Å². The minimum absolute atomic E-state index is 0.106. The van der Waals surface area contributed by atoms with Crippen LogP contribution in [0.4, 0.5) is 0 Å². The minimum Gasteiger partial charge on any atom is -0.493 e. The lowest BCUT2D eigenvalue weighted by Gasteiger charge is -2.30. The average molecular weight is 382 g/mol. The quantitative estimate of drug-likeness (QED) is 0.687. The van der Waals surface area contributed by atoms with E-state index in [9.17, 15) is 13.2 Å². The maximum absolute atomic E-state index is 12.8. The van der Waals surface area contributed by atoms with E-state index in [0.717, 1.165) is 0 Å². The van der Waals surface area contributed by atoms with Crippen LogP contribution in [-0.2, 0) is 19.6 Å². The largest absolute Gasteiger partial charge is 0.493 e. The van der Waals surface area contributed by atoms with Gasteiger partial charge in [0, 0.05) is 19.2 Å². The second-order valence-corrected chi connectivity index (χ2v) is 7.84. The fraction of sp³-hybridized carbons (Fsp3) is 0.529. The molecule has 1 heterocycles. The lowest BCUT2D eigenvalue weighted by atomic mass is 9.98. The Labute approximate surface area is 153 Å². The molecule has 26 heavy (non-hydrogen) atoms. The third kappa shape index (κ3) is 4.26. The van der Waals surface area contributed by atoms with Gasteiger partial charge in [0.2, 0.25) is 10.0 Å². The highest BCUT2D eigenvalue weighted by molar-refractivity contribution is 7.89. The SMILES string of the molecule is COc1ccc(S(=O)(=O)N2CCC(C(=O)O[C@H](C)C#N)CC2)cc1OC. The number of benzene rings is 1. The molecule has 142 valence electrons.